The van der Waals surface area contributed by atoms with E-state index in [1.807, 2.05) is 30.3 Å². The summed E-state index contributed by atoms with van der Waals surface area (Å²) in [5, 5.41) is 0. The van der Waals surface area contributed by atoms with Crippen molar-refractivity contribution in [3.05, 3.63) is 59.3 Å². The maximum atomic E-state index is 12.5. The van der Waals surface area contributed by atoms with E-state index in [-0.39, 0.29) is 22.6 Å². The summed E-state index contributed by atoms with van der Waals surface area (Å²) in [6.07, 6.45) is 10.9. The number of hydrogen-bond acceptors (Lipinski definition) is 4. The van der Waals surface area contributed by atoms with Gasteiger partial charge in [-0.25, -0.2) is 4.79 Å². The molecule has 4 aliphatic rings. The lowest BCUT2D eigenvalue weighted by molar-refractivity contribution is -0.117. The maximum Gasteiger partial charge on any atom is 0.338 e. The molecule has 0 bridgehead atoms. The minimum atomic E-state index is -0.224. The average Bonchev–Trinajstić information content (AvgIpc) is 3.18. The molecule has 0 heterocycles. The molecule has 0 saturated heterocycles. The van der Waals surface area contributed by atoms with Crippen molar-refractivity contribution in [1.29, 1.82) is 0 Å². The van der Waals surface area contributed by atoms with Crippen LogP contribution in [0, 0.1) is 40.4 Å². The summed E-state index contributed by atoms with van der Waals surface area (Å²) in [5.41, 5.74) is 8.78. The molecule has 0 radical (unpaired) electrons. The second-order valence-electron chi connectivity index (χ2n) is 11.5. The Bertz CT molecular complexity index is 1010. The van der Waals surface area contributed by atoms with E-state index in [4.69, 9.17) is 10.5 Å². The Morgan fingerprint density at radius 3 is 2.64 bits per heavy atom. The zero-order valence-electron chi connectivity index (χ0n) is 20.2. The molecular weight excluding hydrogens is 410 g/mol. The van der Waals surface area contributed by atoms with E-state index in [0.717, 1.165) is 12.0 Å². The van der Waals surface area contributed by atoms with Crippen LogP contribution < -0.4 is 5.73 Å². The first-order chi connectivity index (χ1) is 15.8. The number of fused-ring (bicyclic) bond motifs is 5. The Kier molecular flexibility index (Phi) is 5.54. The van der Waals surface area contributed by atoms with E-state index in [9.17, 15) is 9.59 Å². The second-order valence-corrected chi connectivity index (χ2v) is 11.5. The first-order valence-corrected chi connectivity index (χ1v) is 12.7. The van der Waals surface area contributed by atoms with Crippen LogP contribution in [-0.4, -0.2) is 18.4 Å². The minimum absolute atomic E-state index is 0.0215. The minimum Gasteiger partial charge on any atom is -0.462 e. The summed E-state index contributed by atoms with van der Waals surface area (Å²) in [7, 11) is 0. The molecule has 7 atom stereocenters. The molecule has 0 aliphatic heterocycles. The number of allylic oxidation sites excluding steroid dienone is 4. The molecule has 0 aromatic heterocycles. The summed E-state index contributed by atoms with van der Waals surface area (Å²) in [6, 6.07) is 9.27. The van der Waals surface area contributed by atoms with Gasteiger partial charge < -0.3 is 10.5 Å². The van der Waals surface area contributed by atoms with Crippen LogP contribution in [0.1, 0.15) is 69.7 Å². The van der Waals surface area contributed by atoms with E-state index in [1.165, 1.54) is 25.7 Å². The SMILES string of the molecule is C[C@H](COC(=O)c1ccccc1)[C@H]1CC[C@H]2[C@@H]3C=CC4=C(N)C(=O)CC[C@]4(C)[C@H]3CC[C@]12C. The Morgan fingerprint density at radius 2 is 1.88 bits per heavy atom. The van der Waals surface area contributed by atoms with Gasteiger partial charge in [-0.1, -0.05) is 51.1 Å². The highest BCUT2D eigenvalue weighted by Crippen LogP contribution is 2.66. The van der Waals surface area contributed by atoms with Crippen LogP contribution in [0.3, 0.4) is 0 Å². The van der Waals surface area contributed by atoms with Gasteiger partial charge in [-0.2, -0.15) is 0 Å². The van der Waals surface area contributed by atoms with Crippen molar-refractivity contribution in [2.75, 3.05) is 6.61 Å². The molecule has 2 fully saturated rings. The highest BCUT2D eigenvalue weighted by atomic mass is 16.5. The first kappa shape index (κ1) is 22.4. The number of ether oxygens (including phenoxy) is 1. The first-order valence-electron chi connectivity index (χ1n) is 12.7. The van der Waals surface area contributed by atoms with Gasteiger partial charge in [-0.3, -0.25) is 4.79 Å². The zero-order chi connectivity index (χ0) is 23.4. The summed E-state index contributed by atoms with van der Waals surface area (Å²) in [5.74, 6) is 2.54. The van der Waals surface area contributed by atoms with Gasteiger partial charge in [0.15, 0.2) is 5.78 Å². The number of nitrogens with two attached hydrogens (primary N) is 1. The Morgan fingerprint density at radius 1 is 1.12 bits per heavy atom. The van der Waals surface area contributed by atoms with Crippen molar-refractivity contribution in [3.63, 3.8) is 0 Å². The van der Waals surface area contributed by atoms with Gasteiger partial charge in [-0.15, -0.1) is 0 Å². The molecule has 4 aliphatic carbocycles. The predicted octanol–water partition coefficient (Wildman–Crippen LogP) is 5.69. The summed E-state index contributed by atoms with van der Waals surface area (Å²) in [4.78, 5) is 24.7. The predicted molar refractivity (Wildman–Crippen MR) is 129 cm³/mol. The average molecular weight is 448 g/mol. The fourth-order valence-electron chi connectivity index (χ4n) is 8.14. The molecule has 1 aromatic carbocycles. The third-order valence-corrected chi connectivity index (χ3v) is 9.96. The fraction of sp³-hybridized carbons (Fsp3) is 0.586. The van der Waals surface area contributed by atoms with Crippen molar-refractivity contribution in [2.24, 2.45) is 46.2 Å². The fourth-order valence-corrected chi connectivity index (χ4v) is 8.14. The van der Waals surface area contributed by atoms with E-state index in [1.54, 1.807) is 0 Å². The Hall–Kier alpha value is -2.36. The lowest BCUT2D eigenvalue weighted by Gasteiger charge is -2.56. The molecule has 176 valence electrons. The number of rotatable bonds is 4. The van der Waals surface area contributed by atoms with Crippen LogP contribution in [0.25, 0.3) is 0 Å². The van der Waals surface area contributed by atoms with Gasteiger partial charge in [0.25, 0.3) is 0 Å². The topological polar surface area (TPSA) is 69.4 Å². The van der Waals surface area contributed by atoms with Crippen molar-refractivity contribution in [3.8, 4) is 0 Å². The Balaban J connectivity index is 1.32. The number of Topliss-reactive ketones (excluding diaryl/α,β-unsaturated/α-hetero) is 1. The number of carbonyl (C=O) groups excluding carboxylic acids is 2. The zero-order valence-corrected chi connectivity index (χ0v) is 20.2. The van der Waals surface area contributed by atoms with E-state index in [0.29, 0.717) is 53.9 Å². The normalized spacial score (nSPS) is 38.3. The van der Waals surface area contributed by atoms with Crippen molar-refractivity contribution < 1.29 is 14.3 Å². The van der Waals surface area contributed by atoms with Gasteiger partial charge in [0.1, 0.15) is 0 Å². The molecule has 0 unspecified atom stereocenters. The molecule has 2 N–H and O–H groups in total. The van der Waals surface area contributed by atoms with Gasteiger partial charge in [0, 0.05) is 6.42 Å². The van der Waals surface area contributed by atoms with Crippen LogP contribution in [0.4, 0.5) is 0 Å². The van der Waals surface area contributed by atoms with Gasteiger partial charge in [-0.05, 0) is 90.2 Å². The number of ketones is 1. The summed E-state index contributed by atoms with van der Waals surface area (Å²) >= 11 is 0. The molecule has 4 heteroatoms. The lowest BCUT2D eigenvalue weighted by Crippen LogP contribution is -2.50. The number of carbonyl (C=O) groups is 2. The number of benzene rings is 1. The van der Waals surface area contributed by atoms with Crippen molar-refractivity contribution in [2.45, 2.75) is 59.3 Å². The van der Waals surface area contributed by atoms with Crippen LogP contribution in [0.2, 0.25) is 0 Å². The molecule has 4 nitrogen and oxygen atoms in total. The smallest absolute Gasteiger partial charge is 0.338 e. The molecule has 0 spiro atoms. The lowest BCUT2D eigenvalue weighted by atomic mass is 9.48. The molecule has 2 saturated carbocycles. The Labute approximate surface area is 197 Å². The third kappa shape index (κ3) is 3.48. The van der Waals surface area contributed by atoms with Crippen LogP contribution in [-0.2, 0) is 9.53 Å². The van der Waals surface area contributed by atoms with E-state index < -0.39 is 0 Å². The van der Waals surface area contributed by atoms with E-state index >= 15 is 0 Å². The van der Waals surface area contributed by atoms with Gasteiger partial charge in [0.05, 0.1) is 17.9 Å². The molecule has 0 amide bonds. The summed E-state index contributed by atoms with van der Waals surface area (Å²) < 4.78 is 5.74. The molecule has 33 heavy (non-hydrogen) atoms. The summed E-state index contributed by atoms with van der Waals surface area (Å²) in [6.45, 7) is 7.58. The number of esters is 1. The van der Waals surface area contributed by atoms with Crippen LogP contribution in [0.5, 0.6) is 0 Å². The van der Waals surface area contributed by atoms with Crippen LogP contribution >= 0.6 is 0 Å². The van der Waals surface area contributed by atoms with Crippen molar-refractivity contribution in [1.82, 2.24) is 0 Å². The monoisotopic (exact) mass is 447 g/mol. The van der Waals surface area contributed by atoms with Gasteiger partial charge in [0.2, 0.25) is 0 Å². The highest BCUT2D eigenvalue weighted by Gasteiger charge is 2.59. The molecular formula is C29H37NO3. The number of hydrogen-bond donors (Lipinski definition) is 1. The second kappa shape index (κ2) is 8.14. The molecule has 1 aromatic rings. The van der Waals surface area contributed by atoms with Crippen LogP contribution in [0.15, 0.2) is 53.8 Å². The quantitative estimate of drug-likeness (QED) is 0.602. The third-order valence-electron chi connectivity index (χ3n) is 9.96. The highest BCUT2D eigenvalue weighted by molar-refractivity contribution is 5.97. The van der Waals surface area contributed by atoms with Crippen molar-refractivity contribution >= 4 is 11.8 Å². The van der Waals surface area contributed by atoms with Gasteiger partial charge >= 0.3 is 5.97 Å². The largest absolute Gasteiger partial charge is 0.462 e. The van der Waals surface area contributed by atoms with E-state index in [2.05, 4.69) is 32.9 Å². The molecule has 5 rings (SSSR count). The standard InChI is InChI=1S/C29H37NO3/c1-18(17-33-27(32)19-7-5-4-6-8-19)21-11-12-22-20-9-10-24-26(30)25(31)14-16-29(24,3)23(20)13-15-28(21,22)2/h4-10,18,20-23H,11-17,30H2,1-3H3/t18-,20+,21-,22+,23+,28-,29-/m1/s1. The maximum absolute atomic E-state index is 12.5.